The molecule has 1 amide bonds. The van der Waals surface area contributed by atoms with Gasteiger partial charge in [0.2, 0.25) is 5.91 Å². The monoisotopic (exact) mass is 388 g/mol. The summed E-state index contributed by atoms with van der Waals surface area (Å²) in [5.74, 6) is 1.68. The first kappa shape index (κ1) is 19.1. The van der Waals surface area contributed by atoms with Crippen LogP contribution in [-0.2, 0) is 10.5 Å². The first-order valence-electron chi connectivity index (χ1n) is 8.96. The van der Waals surface area contributed by atoms with Crippen molar-refractivity contribution in [3.63, 3.8) is 0 Å². The van der Waals surface area contributed by atoms with E-state index >= 15 is 0 Å². The van der Waals surface area contributed by atoms with Gasteiger partial charge in [-0.15, -0.1) is 11.8 Å². The first-order chi connectivity index (χ1) is 12.5. The molecule has 0 atom stereocenters. The molecular formula is C21H25ClN2OS. The Hall–Kier alpha value is -1.65. The summed E-state index contributed by atoms with van der Waals surface area (Å²) in [5, 5.41) is 0.761. The van der Waals surface area contributed by atoms with Crippen LogP contribution >= 0.6 is 23.4 Å². The summed E-state index contributed by atoms with van der Waals surface area (Å²) in [6, 6.07) is 14.4. The van der Waals surface area contributed by atoms with Crippen molar-refractivity contribution in [1.82, 2.24) is 4.90 Å². The molecule has 0 radical (unpaired) electrons. The number of anilines is 1. The SMILES string of the molecule is Cc1ccccc1CSCC(=O)N1CCN(c2cc(Cl)ccc2C)CC1. The smallest absolute Gasteiger partial charge is 0.232 e. The molecule has 0 aliphatic carbocycles. The molecular weight excluding hydrogens is 364 g/mol. The van der Waals surface area contributed by atoms with Crippen molar-refractivity contribution in [1.29, 1.82) is 0 Å². The number of hydrogen-bond acceptors (Lipinski definition) is 3. The van der Waals surface area contributed by atoms with E-state index in [2.05, 4.69) is 49.1 Å². The van der Waals surface area contributed by atoms with E-state index in [1.807, 2.05) is 17.0 Å². The topological polar surface area (TPSA) is 23.6 Å². The molecule has 0 N–H and O–H groups in total. The van der Waals surface area contributed by atoms with Gasteiger partial charge in [0, 0.05) is 42.6 Å². The summed E-state index contributed by atoms with van der Waals surface area (Å²) < 4.78 is 0. The molecule has 0 saturated carbocycles. The molecule has 26 heavy (non-hydrogen) atoms. The average molecular weight is 389 g/mol. The van der Waals surface area contributed by atoms with E-state index in [-0.39, 0.29) is 5.91 Å². The summed E-state index contributed by atoms with van der Waals surface area (Å²) in [7, 11) is 0. The fourth-order valence-electron chi connectivity index (χ4n) is 3.23. The molecule has 3 rings (SSSR count). The normalized spacial score (nSPS) is 14.6. The minimum Gasteiger partial charge on any atom is -0.368 e. The minimum atomic E-state index is 0.242. The molecule has 1 heterocycles. The number of carbonyl (C=O) groups is 1. The van der Waals surface area contributed by atoms with Crippen molar-refractivity contribution in [2.24, 2.45) is 0 Å². The lowest BCUT2D eigenvalue weighted by molar-refractivity contribution is -0.128. The third-order valence-electron chi connectivity index (χ3n) is 4.89. The molecule has 1 fully saturated rings. The zero-order chi connectivity index (χ0) is 18.5. The Labute approximate surface area is 165 Å². The van der Waals surface area contributed by atoms with Crippen LogP contribution in [0.25, 0.3) is 0 Å². The lowest BCUT2D eigenvalue weighted by Crippen LogP contribution is -2.49. The van der Waals surface area contributed by atoms with Crippen molar-refractivity contribution in [2.45, 2.75) is 19.6 Å². The number of rotatable bonds is 5. The van der Waals surface area contributed by atoms with Crippen LogP contribution in [0.15, 0.2) is 42.5 Å². The van der Waals surface area contributed by atoms with E-state index in [4.69, 9.17) is 11.6 Å². The van der Waals surface area contributed by atoms with Gasteiger partial charge in [0.1, 0.15) is 0 Å². The van der Waals surface area contributed by atoms with E-state index < -0.39 is 0 Å². The van der Waals surface area contributed by atoms with Gasteiger partial charge in [0.05, 0.1) is 5.75 Å². The molecule has 0 unspecified atom stereocenters. The lowest BCUT2D eigenvalue weighted by Gasteiger charge is -2.37. The summed E-state index contributed by atoms with van der Waals surface area (Å²) in [5.41, 5.74) is 5.01. The van der Waals surface area contributed by atoms with Gasteiger partial charge in [-0.05, 0) is 42.7 Å². The van der Waals surface area contributed by atoms with E-state index in [9.17, 15) is 4.79 Å². The number of hydrogen-bond donors (Lipinski definition) is 0. The van der Waals surface area contributed by atoms with Gasteiger partial charge in [0.15, 0.2) is 0 Å². The van der Waals surface area contributed by atoms with Crippen molar-refractivity contribution < 1.29 is 4.79 Å². The van der Waals surface area contributed by atoms with Gasteiger partial charge in [-0.25, -0.2) is 0 Å². The Morgan fingerprint density at radius 1 is 1.04 bits per heavy atom. The summed E-state index contributed by atoms with van der Waals surface area (Å²) in [6.45, 7) is 7.48. The maximum absolute atomic E-state index is 12.5. The zero-order valence-corrected chi connectivity index (χ0v) is 16.9. The van der Waals surface area contributed by atoms with Gasteiger partial charge < -0.3 is 9.80 Å². The molecule has 2 aromatic rings. The molecule has 138 valence electrons. The van der Waals surface area contributed by atoms with Crippen molar-refractivity contribution in [3.8, 4) is 0 Å². The maximum atomic E-state index is 12.5. The van der Waals surface area contributed by atoms with Gasteiger partial charge in [-0.3, -0.25) is 4.79 Å². The third-order valence-corrected chi connectivity index (χ3v) is 6.09. The van der Waals surface area contributed by atoms with Crippen LogP contribution in [0.4, 0.5) is 5.69 Å². The number of halogens is 1. The number of thioether (sulfide) groups is 1. The number of carbonyl (C=O) groups excluding carboxylic acids is 1. The number of benzene rings is 2. The Morgan fingerprint density at radius 3 is 2.50 bits per heavy atom. The van der Waals surface area contributed by atoms with Gasteiger partial charge in [0.25, 0.3) is 0 Å². The van der Waals surface area contributed by atoms with Crippen LogP contribution in [0.3, 0.4) is 0 Å². The van der Waals surface area contributed by atoms with Gasteiger partial charge in [-0.2, -0.15) is 0 Å². The minimum absolute atomic E-state index is 0.242. The summed E-state index contributed by atoms with van der Waals surface area (Å²) in [6.07, 6.45) is 0. The molecule has 0 bridgehead atoms. The first-order valence-corrected chi connectivity index (χ1v) is 10.5. The molecule has 1 aliphatic heterocycles. The van der Waals surface area contributed by atoms with E-state index in [1.165, 1.54) is 22.4 Å². The molecule has 1 aliphatic rings. The molecule has 2 aromatic carbocycles. The van der Waals surface area contributed by atoms with Gasteiger partial charge >= 0.3 is 0 Å². The number of aryl methyl sites for hydroxylation is 2. The van der Waals surface area contributed by atoms with Crippen LogP contribution in [0.2, 0.25) is 5.02 Å². The highest BCUT2D eigenvalue weighted by Gasteiger charge is 2.22. The maximum Gasteiger partial charge on any atom is 0.232 e. The molecule has 3 nitrogen and oxygen atoms in total. The number of piperazine rings is 1. The third kappa shape index (κ3) is 4.74. The molecule has 1 saturated heterocycles. The van der Waals surface area contributed by atoms with E-state index in [0.717, 1.165) is 37.0 Å². The van der Waals surface area contributed by atoms with Crippen molar-refractivity contribution in [2.75, 3.05) is 36.8 Å². The Bertz CT molecular complexity index is 772. The zero-order valence-electron chi connectivity index (χ0n) is 15.4. The van der Waals surface area contributed by atoms with E-state index in [0.29, 0.717) is 5.75 Å². The highest BCUT2D eigenvalue weighted by atomic mass is 35.5. The Morgan fingerprint density at radius 2 is 1.77 bits per heavy atom. The fraction of sp³-hybridized carbons (Fsp3) is 0.381. The molecule has 0 aromatic heterocycles. The number of amides is 1. The van der Waals surface area contributed by atoms with Crippen molar-refractivity contribution in [3.05, 3.63) is 64.2 Å². The second-order valence-corrected chi connectivity index (χ2v) is 8.14. The quantitative estimate of drug-likeness (QED) is 0.751. The van der Waals surface area contributed by atoms with Crippen LogP contribution in [-0.4, -0.2) is 42.7 Å². The average Bonchev–Trinajstić information content (AvgIpc) is 2.65. The lowest BCUT2D eigenvalue weighted by atomic mass is 10.1. The summed E-state index contributed by atoms with van der Waals surface area (Å²) >= 11 is 7.84. The summed E-state index contributed by atoms with van der Waals surface area (Å²) in [4.78, 5) is 16.8. The predicted octanol–water partition coefficient (Wildman–Crippen LogP) is 4.54. The van der Waals surface area contributed by atoms with Crippen LogP contribution in [0.5, 0.6) is 0 Å². The highest BCUT2D eigenvalue weighted by Crippen LogP contribution is 2.25. The second-order valence-electron chi connectivity index (χ2n) is 6.72. The van der Waals surface area contributed by atoms with Crippen molar-refractivity contribution >= 4 is 35.0 Å². The fourth-order valence-corrected chi connectivity index (χ4v) is 4.40. The second kappa shape index (κ2) is 8.83. The molecule has 0 spiro atoms. The Kier molecular flexibility index (Phi) is 6.49. The van der Waals surface area contributed by atoms with Crippen LogP contribution in [0, 0.1) is 13.8 Å². The van der Waals surface area contributed by atoms with Crippen LogP contribution in [0.1, 0.15) is 16.7 Å². The largest absolute Gasteiger partial charge is 0.368 e. The molecule has 5 heteroatoms. The highest BCUT2D eigenvalue weighted by molar-refractivity contribution is 7.99. The van der Waals surface area contributed by atoms with Crippen LogP contribution < -0.4 is 4.90 Å². The van der Waals surface area contributed by atoms with Gasteiger partial charge in [-0.1, -0.05) is 41.9 Å². The van der Waals surface area contributed by atoms with E-state index in [1.54, 1.807) is 11.8 Å². The predicted molar refractivity (Wildman–Crippen MR) is 112 cm³/mol. The standard InChI is InChI=1S/C21H25ClN2OS/c1-16-5-3-4-6-18(16)14-26-15-21(25)24-11-9-23(10-12-24)20-13-19(22)8-7-17(20)2/h3-8,13H,9-12,14-15H2,1-2H3. The number of nitrogens with zero attached hydrogens (tertiary/aromatic N) is 2. The Balaban J connectivity index is 1.48.